The first kappa shape index (κ1) is 19.6. The number of carbonyl (C=O) groups excluding carboxylic acids is 1. The molecule has 2 aromatic carbocycles. The third kappa shape index (κ3) is 5.18. The Morgan fingerprint density at radius 1 is 1.00 bits per heavy atom. The Morgan fingerprint density at radius 3 is 2.04 bits per heavy atom. The first-order chi connectivity index (χ1) is 13.1. The van der Waals surface area contributed by atoms with E-state index in [2.05, 4.69) is 43.1 Å². The summed E-state index contributed by atoms with van der Waals surface area (Å²) in [4.78, 5) is 14.4. The molecule has 2 aromatic rings. The molecule has 1 heterocycles. The molecule has 1 saturated heterocycles. The summed E-state index contributed by atoms with van der Waals surface area (Å²) >= 11 is 0. The van der Waals surface area contributed by atoms with Crippen molar-refractivity contribution in [1.82, 2.24) is 4.90 Å². The summed E-state index contributed by atoms with van der Waals surface area (Å²) in [6.45, 7) is 4.50. The number of rotatable bonds is 7. The maximum absolute atomic E-state index is 12.2. The maximum Gasteiger partial charge on any atom is 0.332 e. The lowest BCUT2D eigenvalue weighted by Crippen LogP contribution is -2.36. The zero-order chi connectivity index (χ0) is 19.1. The van der Waals surface area contributed by atoms with Crippen molar-refractivity contribution in [3.63, 3.8) is 0 Å². The smallest absolute Gasteiger partial charge is 0.332 e. The molecule has 1 aliphatic heterocycles. The zero-order valence-electron chi connectivity index (χ0n) is 16.3. The van der Waals surface area contributed by atoms with Gasteiger partial charge in [0.05, 0.1) is 6.61 Å². The average Bonchev–Trinajstić information content (AvgIpc) is 2.71. The normalized spacial score (nSPS) is 16.2. The lowest BCUT2D eigenvalue weighted by molar-refractivity contribution is -0.156. The highest BCUT2D eigenvalue weighted by Crippen LogP contribution is 2.32. The Hall–Kier alpha value is -2.17. The van der Waals surface area contributed by atoms with Crippen LogP contribution in [0.5, 0.6) is 0 Å². The quantitative estimate of drug-likeness (QED) is 0.700. The van der Waals surface area contributed by atoms with Crippen LogP contribution >= 0.6 is 0 Å². The molecular formula is C23H29NO3. The van der Waals surface area contributed by atoms with Crippen LogP contribution in [0.1, 0.15) is 30.9 Å². The topological polar surface area (TPSA) is 38.8 Å². The summed E-state index contributed by atoms with van der Waals surface area (Å²) in [5.74, 6) is -0.270. The molecule has 144 valence electrons. The molecule has 0 spiro atoms. The van der Waals surface area contributed by atoms with Crippen molar-refractivity contribution in [2.75, 3.05) is 33.4 Å². The van der Waals surface area contributed by atoms with Crippen molar-refractivity contribution in [1.29, 1.82) is 0 Å². The standard InChI is InChI=1S/C23H29NO3/c1-23(19-9-5-3-6-10-19,20-11-7-4-8-12-20)18-26-17-22(25)27-21-13-15-24(2)16-14-21/h3-12,21H,13-18H2,1-2H3. The summed E-state index contributed by atoms with van der Waals surface area (Å²) in [7, 11) is 2.09. The van der Waals surface area contributed by atoms with Gasteiger partial charge in [-0.15, -0.1) is 0 Å². The molecule has 0 aromatic heterocycles. The number of ether oxygens (including phenoxy) is 2. The summed E-state index contributed by atoms with van der Waals surface area (Å²) in [6, 6.07) is 20.6. The number of piperidine rings is 1. The third-order valence-corrected chi connectivity index (χ3v) is 5.40. The van der Waals surface area contributed by atoms with E-state index in [0.29, 0.717) is 6.61 Å². The predicted molar refractivity (Wildman–Crippen MR) is 107 cm³/mol. The molecule has 0 amide bonds. The van der Waals surface area contributed by atoms with Gasteiger partial charge in [-0.25, -0.2) is 4.79 Å². The van der Waals surface area contributed by atoms with Gasteiger partial charge in [-0.2, -0.15) is 0 Å². The molecule has 0 aliphatic carbocycles. The monoisotopic (exact) mass is 367 g/mol. The number of esters is 1. The maximum atomic E-state index is 12.2. The van der Waals surface area contributed by atoms with E-state index in [-0.39, 0.29) is 24.1 Å². The third-order valence-electron chi connectivity index (χ3n) is 5.40. The molecule has 0 radical (unpaired) electrons. The van der Waals surface area contributed by atoms with Crippen molar-refractivity contribution in [2.24, 2.45) is 0 Å². The van der Waals surface area contributed by atoms with E-state index in [0.717, 1.165) is 25.9 Å². The van der Waals surface area contributed by atoms with Crippen LogP contribution < -0.4 is 0 Å². The van der Waals surface area contributed by atoms with Crippen molar-refractivity contribution in [3.8, 4) is 0 Å². The van der Waals surface area contributed by atoms with Crippen LogP contribution in [-0.4, -0.2) is 50.3 Å². The van der Waals surface area contributed by atoms with Crippen LogP contribution in [0.3, 0.4) is 0 Å². The number of likely N-dealkylation sites (tertiary alicyclic amines) is 1. The molecule has 3 rings (SSSR count). The van der Waals surface area contributed by atoms with Gasteiger partial charge in [0.15, 0.2) is 0 Å². The van der Waals surface area contributed by atoms with Crippen LogP contribution in [0.4, 0.5) is 0 Å². The van der Waals surface area contributed by atoms with Crippen LogP contribution in [-0.2, 0) is 19.7 Å². The fraction of sp³-hybridized carbons (Fsp3) is 0.435. The first-order valence-corrected chi connectivity index (χ1v) is 9.65. The number of carbonyl (C=O) groups is 1. The van der Waals surface area contributed by atoms with E-state index in [1.165, 1.54) is 11.1 Å². The Labute approximate surface area is 162 Å². The molecule has 0 saturated carbocycles. The summed E-state index contributed by atoms with van der Waals surface area (Å²) in [6.07, 6.45) is 1.81. The summed E-state index contributed by atoms with van der Waals surface area (Å²) < 4.78 is 11.4. The lowest BCUT2D eigenvalue weighted by atomic mass is 9.77. The van der Waals surface area contributed by atoms with Crippen molar-refractivity contribution in [3.05, 3.63) is 71.8 Å². The highest BCUT2D eigenvalue weighted by Gasteiger charge is 2.29. The summed E-state index contributed by atoms with van der Waals surface area (Å²) in [5, 5.41) is 0. The minimum atomic E-state index is -0.323. The van der Waals surface area contributed by atoms with Gasteiger partial charge < -0.3 is 14.4 Å². The second-order valence-electron chi connectivity index (χ2n) is 7.55. The van der Waals surface area contributed by atoms with Gasteiger partial charge >= 0.3 is 5.97 Å². The zero-order valence-corrected chi connectivity index (χ0v) is 16.3. The largest absolute Gasteiger partial charge is 0.461 e. The second kappa shape index (κ2) is 9.16. The Kier molecular flexibility index (Phi) is 6.64. The number of hydrogen-bond acceptors (Lipinski definition) is 4. The SMILES string of the molecule is CN1CCC(OC(=O)COCC(C)(c2ccccc2)c2ccccc2)CC1. The minimum absolute atomic E-state index is 0.0123. The van der Waals surface area contributed by atoms with E-state index < -0.39 is 0 Å². The fourth-order valence-electron chi connectivity index (χ4n) is 3.61. The first-order valence-electron chi connectivity index (χ1n) is 9.65. The van der Waals surface area contributed by atoms with E-state index in [1.807, 2.05) is 36.4 Å². The van der Waals surface area contributed by atoms with Crippen molar-refractivity contribution in [2.45, 2.75) is 31.3 Å². The van der Waals surface area contributed by atoms with Gasteiger partial charge in [-0.1, -0.05) is 60.7 Å². The van der Waals surface area contributed by atoms with Crippen LogP contribution in [0.25, 0.3) is 0 Å². The molecule has 0 atom stereocenters. The summed E-state index contributed by atoms with van der Waals surface area (Å²) in [5.41, 5.74) is 2.01. The Balaban J connectivity index is 1.60. The molecule has 27 heavy (non-hydrogen) atoms. The minimum Gasteiger partial charge on any atom is -0.461 e. The Bertz CT molecular complexity index is 669. The van der Waals surface area contributed by atoms with Crippen molar-refractivity contribution < 1.29 is 14.3 Å². The Morgan fingerprint density at radius 2 is 1.52 bits per heavy atom. The lowest BCUT2D eigenvalue weighted by Gasteiger charge is -2.31. The van der Waals surface area contributed by atoms with Gasteiger partial charge in [-0.3, -0.25) is 0 Å². The van der Waals surface area contributed by atoms with Gasteiger partial charge in [0, 0.05) is 18.5 Å². The average molecular weight is 367 g/mol. The van der Waals surface area contributed by atoms with Gasteiger partial charge in [0.1, 0.15) is 12.7 Å². The fourth-order valence-corrected chi connectivity index (χ4v) is 3.61. The molecule has 0 N–H and O–H groups in total. The number of benzene rings is 2. The molecule has 4 nitrogen and oxygen atoms in total. The number of nitrogens with zero attached hydrogens (tertiary/aromatic N) is 1. The number of hydrogen-bond donors (Lipinski definition) is 0. The predicted octanol–water partition coefficient (Wildman–Crippen LogP) is 3.65. The second-order valence-corrected chi connectivity index (χ2v) is 7.55. The molecule has 4 heteroatoms. The van der Waals surface area contributed by atoms with E-state index in [1.54, 1.807) is 0 Å². The van der Waals surface area contributed by atoms with Crippen molar-refractivity contribution >= 4 is 5.97 Å². The highest BCUT2D eigenvalue weighted by molar-refractivity contribution is 5.70. The van der Waals surface area contributed by atoms with Crippen LogP contribution in [0.2, 0.25) is 0 Å². The van der Waals surface area contributed by atoms with Crippen LogP contribution in [0, 0.1) is 0 Å². The molecule has 1 fully saturated rings. The van der Waals surface area contributed by atoms with E-state index >= 15 is 0 Å². The molecular weight excluding hydrogens is 338 g/mol. The molecule has 1 aliphatic rings. The van der Waals surface area contributed by atoms with Gasteiger partial charge in [-0.05, 0) is 37.9 Å². The highest BCUT2D eigenvalue weighted by atomic mass is 16.6. The van der Waals surface area contributed by atoms with Gasteiger partial charge in [0.2, 0.25) is 0 Å². The van der Waals surface area contributed by atoms with E-state index in [4.69, 9.17) is 9.47 Å². The van der Waals surface area contributed by atoms with Gasteiger partial charge in [0.25, 0.3) is 0 Å². The van der Waals surface area contributed by atoms with Crippen LogP contribution in [0.15, 0.2) is 60.7 Å². The van der Waals surface area contributed by atoms with E-state index in [9.17, 15) is 4.79 Å². The molecule has 0 unspecified atom stereocenters. The molecule has 0 bridgehead atoms.